The van der Waals surface area contributed by atoms with E-state index in [4.69, 9.17) is 4.55 Å². The maximum Gasteiger partial charge on any atom is -0.0623 e. The quantitative estimate of drug-likeness (QED) is 0.571. The van der Waals surface area contributed by atoms with Crippen molar-refractivity contribution >= 4 is 47.9 Å². The molecule has 0 bridgehead atoms. The van der Waals surface area contributed by atoms with Crippen LogP contribution in [0.15, 0.2) is 48.4 Å². The summed E-state index contributed by atoms with van der Waals surface area (Å²) in [5.74, 6) is 0. The molecule has 0 saturated carbocycles. The van der Waals surface area contributed by atoms with Gasteiger partial charge in [-0.3, -0.25) is 4.55 Å². The van der Waals surface area contributed by atoms with Crippen molar-refractivity contribution in [1.82, 2.24) is 0 Å². The normalized spacial score (nSPS) is 8.69. The second-order valence-electron chi connectivity index (χ2n) is 1.84. The van der Waals surface area contributed by atoms with E-state index in [0.717, 1.165) is 0 Å². The molecule has 3 nitrogen and oxygen atoms in total. The fourth-order valence-corrected chi connectivity index (χ4v) is 0.385. The van der Waals surface area contributed by atoms with E-state index in [1.807, 2.05) is 36.4 Å². The van der Waals surface area contributed by atoms with E-state index in [-0.39, 0.29) is 37.7 Å². The van der Waals surface area contributed by atoms with Gasteiger partial charge in [-0.1, -0.05) is 43.0 Å². The third-order valence-corrected chi connectivity index (χ3v) is 1.30. The Morgan fingerprint density at radius 1 is 1.00 bits per heavy atom. The number of rotatable bonds is 1. The van der Waals surface area contributed by atoms with Gasteiger partial charge in [0.25, 0.3) is 10.1 Å². The van der Waals surface area contributed by atoms with Crippen LogP contribution in [0.1, 0.15) is 0 Å². The Balaban J connectivity index is 0. The molecule has 0 radical (unpaired) electrons. The molecule has 0 unspecified atom stereocenters. The molecule has 1 rings (SSSR count). The molecule has 1 N–H and O–H groups in total. The van der Waals surface area contributed by atoms with Gasteiger partial charge in [0.1, 0.15) is 0 Å². The molecular formula is C8H12CaO3S. The predicted molar refractivity (Wildman–Crippen MR) is 56.7 cm³/mol. The largest absolute Gasteiger partial charge is 0.0623 e. The molecule has 0 aliphatic heterocycles. The van der Waals surface area contributed by atoms with Crippen LogP contribution in [0.25, 0.3) is 0 Å². The number of hydrogen-bond acceptors (Lipinski definition) is 2. The van der Waals surface area contributed by atoms with Gasteiger partial charge in [0, 0.05) is 0 Å². The van der Waals surface area contributed by atoms with E-state index in [0.29, 0.717) is 5.41 Å². The van der Waals surface area contributed by atoms with Crippen molar-refractivity contribution in [2.24, 2.45) is 0 Å². The summed E-state index contributed by atoms with van der Waals surface area (Å²) < 4.78 is 26.6. The predicted octanol–water partition coefficient (Wildman–Crippen LogP) is 0.788. The van der Waals surface area contributed by atoms with Gasteiger partial charge in [-0.2, -0.15) is 8.42 Å². The summed E-state index contributed by atoms with van der Waals surface area (Å²) in [5.41, 5.74) is 0. The first kappa shape index (κ1) is 15.6. The fourth-order valence-electron chi connectivity index (χ4n) is 0.385. The zero-order valence-electron chi connectivity index (χ0n) is 6.42. The molecular weight excluding hydrogens is 216 g/mol. The molecule has 0 saturated heterocycles. The summed E-state index contributed by atoms with van der Waals surface area (Å²) in [6.45, 7) is 2.79. The average Bonchev–Trinajstić information content (AvgIpc) is 2.07. The summed E-state index contributed by atoms with van der Waals surface area (Å²) >= 11 is 0. The van der Waals surface area contributed by atoms with Crippen LogP contribution in [0.3, 0.4) is 0 Å². The molecule has 5 heteroatoms. The molecule has 1 aromatic rings. The Hall–Kier alpha value is 0.130. The smallest absolute Gasteiger partial charge is 0.0623 e. The Kier molecular flexibility index (Phi) is 10.5. The summed E-state index contributed by atoms with van der Waals surface area (Å²) in [5, 5.41) is 0.465. The summed E-state index contributed by atoms with van der Waals surface area (Å²) in [6, 6.07) is 12.0. The topological polar surface area (TPSA) is 54.4 Å². The first-order valence-electron chi connectivity index (χ1n) is 3.16. The summed E-state index contributed by atoms with van der Waals surface area (Å²) in [6.07, 6.45) is 0. The second-order valence-corrected chi connectivity index (χ2v) is 3.20. The van der Waals surface area contributed by atoms with E-state index < -0.39 is 10.1 Å². The van der Waals surface area contributed by atoms with Crippen molar-refractivity contribution in [3.05, 3.63) is 48.4 Å². The molecule has 0 spiro atoms. The van der Waals surface area contributed by atoms with Crippen molar-refractivity contribution in [3.63, 3.8) is 0 Å². The van der Waals surface area contributed by atoms with Crippen LogP contribution >= 0.6 is 0 Å². The molecule has 0 amide bonds. The third-order valence-electron chi connectivity index (χ3n) is 0.877. The van der Waals surface area contributed by atoms with E-state index in [1.54, 1.807) is 0 Å². The van der Waals surface area contributed by atoms with Gasteiger partial charge in [-0.25, -0.2) is 0 Å². The van der Waals surface area contributed by atoms with Crippen molar-refractivity contribution in [3.8, 4) is 0 Å². The van der Waals surface area contributed by atoms with Gasteiger partial charge in [0.05, 0.1) is 5.41 Å². The molecule has 0 heterocycles. The Morgan fingerprint density at radius 3 is 1.23 bits per heavy atom. The number of hydrogen-bond donors (Lipinski definition) is 1. The molecule has 0 aromatic heterocycles. The maximum absolute atomic E-state index is 9.44. The Morgan fingerprint density at radius 2 is 1.15 bits per heavy atom. The average molecular weight is 228 g/mol. The molecule has 13 heavy (non-hydrogen) atoms. The third kappa shape index (κ3) is 14.9. The van der Waals surface area contributed by atoms with E-state index in [2.05, 4.69) is 6.58 Å². The molecule has 0 fully saturated rings. The van der Waals surface area contributed by atoms with Crippen LogP contribution in [-0.4, -0.2) is 50.7 Å². The van der Waals surface area contributed by atoms with Crippen LogP contribution in [0, 0.1) is 0 Å². The van der Waals surface area contributed by atoms with Crippen molar-refractivity contribution in [2.75, 3.05) is 0 Å². The van der Waals surface area contributed by atoms with Gasteiger partial charge in [0.15, 0.2) is 0 Å². The fraction of sp³-hybridized carbons (Fsp3) is 0. The second kappa shape index (κ2) is 8.72. The van der Waals surface area contributed by atoms with E-state index >= 15 is 0 Å². The van der Waals surface area contributed by atoms with Crippen molar-refractivity contribution < 1.29 is 13.0 Å². The Bertz CT molecular complexity index is 269. The minimum absolute atomic E-state index is 0. The maximum atomic E-state index is 9.44. The van der Waals surface area contributed by atoms with Gasteiger partial charge in [-0.15, -0.1) is 0 Å². The van der Waals surface area contributed by atoms with Crippen molar-refractivity contribution in [1.29, 1.82) is 0 Å². The van der Waals surface area contributed by atoms with Gasteiger partial charge in [0.2, 0.25) is 0 Å². The van der Waals surface area contributed by atoms with Crippen LogP contribution in [-0.2, 0) is 10.1 Å². The van der Waals surface area contributed by atoms with Gasteiger partial charge in [-0.05, 0) is 0 Å². The minimum atomic E-state index is -3.90. The monoisotopic (exact) mass is 228 g/mol. The first-order chi connectivity index (χ1) is 5.56. The molecule has 0 aliphatic rings. The van der Waals surface area contributed by atoms with Crippen LogP contribution in [0.5, 0.6) is 0 Å². The molecule has 0 atom stereocenters. The zero-order chi connectivity index (χ0) is 9.45. The summed E-state index contributed by atoms with van der Waals surface area (Å²) in [4.78, 5) is 0. The SMILES string of the molecule is C=CS(=O)(=O)O.[CaH2].c1ccccc1. The standard InChI is InChI=1S/C6H6.C2H4O3S.Ca.2H/c1-2-4-6-5-3-1;1-2-6(3,4)5;;;/h1-6H;2H,1H2,(H,3,4,5);;;. The van der Waals surface area contributed by atoms with E-state index in [1.165, 1.54) is 0 Å². The van der Waals surface area contributed by atoms with Crippen LogP contribution in [0.2, 0.25) is 0 Å². The molecule has 70 valence electrons. The minimum Gasteiger partial charge on any atom is -0.0623 e. The van der Waals surface area contributed by atoms with Crippen LogP contribution in [0.4, 0.5) is 0 Å². The first-order valence-corrected chi connectivity index (χ1v) is 4.66. The zero-order valence-corrected chi connectivity index (χ0v) is 7.24. The summed E-state index contributed by atoms with van der Waals surface area (Å²) in [7, 11) is -3.90. The van der Waals surface area contributed by atoms with Crippen LogP contribution < -0.4 is 0 Å². The molecule has 0 aliphatic carbocycles. The van der Waals surface area contributed by atoms with Gasteiger partial charge < -0.3 is 0 Å². The Labute approximate surface area is 108 Å². The molecule has 1 aromatic carbocycles. The van der Waals surface area contributed by atoms with Crippen molar-refractivity contribution in [2.45, 2.75) is 0 Å². The van der Waals surface area contributed by atoms with E-state index in [9.17, 15) is 8.42 Å². The van der Waals surface area contributed by atoms with Gasteiger partial charge >= 0.3 is 37.7 Å². The number of benzene rings is 1.